The van der Waals surface area contributed by atoms with E-state index in [4.69, 9.17) is 11.6 Å². The molecule has 0 bridgehead atoms. The molecule has 1 aromatic heterocycles. The zero-order valence-electron chi connectivity index (χ0n) is 12.9. The van der Waals surface area contributed by atoms with E-state index in [0.717, 1.165) is 18.2 Å². The van der Waals surface area contributed by atoms with Gasteiger partial charge in [0.05, 0.1) is 27.6 Å². The molecule has 2 nitrogen and oxygen atoms in total. The van der Waals surface area contributed by atoms with E-state index in [1.807, 2.05) is 0 Å². The molecule has 0 aliphatic rings. The monoisotopic (exact) mass is 359 g/mol. The fourth-order valence-electron chi connectivity index (χ4n) is 2.07. The number of rotatable bonds is 3. The molecule has 0 fully saturated rings. The van der Waals surface area contributed by atoms with Gasteiger partial charge in [-0.1, -0.05) is 18.2 Å². The summed E-state index contributed by atoms with van der Waals surface area (Å²) >= 11 is 6.23. The van der Waals surface area contributed by atoms with Crippen molar-refractivity contribution < 1.29 is 22.7 Å². The van der Waals surface area contributed by atoms with E-state index in [9.17, 15) is 22.7 Å². The topological polar surface area (TPSA) is 33.1 Å². The lowest BCUT2D eigenvalue weighted by atomic mass is 9.94. The third kappa shape index (κ3) is 3.76. The minimum atomic E-state index is -4.68. The average molecular weight is 360 g/mol. The van der Waals surface area contributed by atoms with Crippen molar-refractivity contribution in [2.24, 2.45) is 0 Å². The Morgan fingerprint density at radius 2 is 1.71 bits per heavy atom. The van der Waals surface area contributed by atoms with Crippen LogP contribution in [0.3, 0.4) is 0 Å². The van der Waals surface area contributed by atoms with Crippen molar-refractivity contribution >= 4 is 17.2 Å². The highest BCUT2D eigenvalue weighted by Crippen LogP contribution is 2.39. The van der Waals surface area contributed by atoms with E-state index >= 15 is 0 Å². The number of aliphatic hydroxyl groups is 1. The van der Waals surface area contributed by atoms with Crippen LogP contribution in [0.4, 0.5) is 17.6 Å². The second-order valence-electron chi connectivity index (χ2n) is 5.76. The maximum atomic E-state index is 13.1. The highest BCUT2D eigenvalue weighted by molar-refractivity contribution is 6.34. The lowest BCUT2D eigenvalue weighted by Gasteiger charge is -2.23. The molecule has 0 radical (unpaired) electrons. The van der Waals surface area contributed by atoms with Crippen LogP contribution in [0, 0.1) is 5.82 Å². The van der Waals surface area contributed by atoms with Gasteiger partial charge in [-0.25, -0.2) is 9.37 Å². The Labute approximate surface area is 141 Å². The fourth-order valence-corrected chi connectivity index (χ4v) is 2.51. The Hall–Kier alpha value is -1.92. The van der Waals surface area contributed by atoms with E-state index in [0.29, 0.717) is 5.56 Å². The molecule has 2 aromatic rings. The van der Waals surface area contributed by atoms with Crippen LogP contribution in [-0.4, -0.2) is 16.3 Å². The van der Waals surface area contributed by atoms with E-state index in [2.05, 4.69) is 11.6 Å². The third-order valence-electron chi connectivity index (χ3n) is 3.39. The molecule has 0 aliphatic heterocycles. The van der Waals surface area contributed by atoms with Crippen molar-refractivity contribution in [2.75, 3.05) is 0 Å². The predicted octanol–water partition coefficient (Wildman–Crippen LogP) is 5.34. The molecular formula is C17H14ClF4NO. The number of alkyl halides is 3. The smallest absolute Gasteiger partial charge is 0.386 e. The SMILES string of the molecule is C=C(c1cc(C(C)(C)O)c(Cl)c(-c2ccc(F)cc2)n1)C(F)(F)F. The summed E-state index contributed by atoms with van der Waals surface area (Å²) in [7, 11) is 0. The summed E-state index contributed by atoms with van der Waals surface area (Å²) in [4.78, 5) is 3.93. The largest absolute Gasteiger partial charge is 0.417 e. The minimum absolute atomic E-state index is 0.00664. The van der Waals surface area contributed by atoms with Crippen LogP contribution in [0.25, 0.3) is 16.8 Å². The summed E-state index contributed by atoms with van der Waals surface area (Å²) < 4.78 is 52.0. The maximum Gasteiger partial charge on any atom is 0.417 e. The van der Waals surface area contributed by atoms with Crippen LogP contribution < -0.4 is 0 Å². The molecule has 0 unspecified atom stereocenters. The number of benzene rings is 1. The third-order valence-corrected chi connectivity index (χ3v) is 3.77. The summed E-state index contributed by atoms with van der Waals surface area (Å²) in [6, 6.07) is 6.03. The molecule has 0 saturated carbocycles. The second-order valence-corrected chi connectivity index (χ2v) is 6.14. The molecule has 128 valence electrons. The lowest BCUT2D eigenvalue weighted by Crippen LogP contribution is -2.19. The Morgan fingerprint density at radius 1 is 1.17 bits per heavy atom. The quantitative estimate of drug-likeness (QED) is 0.750. The highest BCUT2D eigenvalue weighted by Gasteiger charge is 2.35. The van der Waals surface area contributed by atoms with Gasteiger partial charge in [-0.3, -0.25) is 0 Å². The van der Waals surface area contributed by atoms with E-state index < -0.39 is 28.9 Å². The molecule has 1 N–H and O–H groups in total. The summed E-state index contributed by atoms with van der Waals surface area (Å²) in [5.41, 5.74) is -2.72. The van der Waals surface area contributed by atoms with Gasteiger partial charge in [-0.05, 0) is 44.2 Å². The van der Waals surface area contributed by atoms with Crippen molar-refractivity contribution in [2.45, 2.75) is 25.6 Å². The number of pyridine rings is 1. The van der Waals surface area contributed by atoms with Gasteiger partial charge in [0.2, 0.25) is 0 Å². The first kappa shape index (κ1) is 18.4. The van der Waals surface area contributed by atoms with Crippen LogP contribution in [0.1, 0.15) is 25.1 Å². The molecule has 1 heterocycles. The molecule has 24 heavy (non-hydrogen) atoms. The molecule has 0 amide bonds. The van der Waals surface area contributed by atoms with Gasteiger partial charge in [-0.15, -0.1) is 0 Å². The standard InChI is InChI=1S/C17H14ClF4NO/c1-9(17(20,21)22)13-8-12(16(2,3)24)14(18)15(23-13)10-4-6-11(19)7-5-10/h4-8,24H,1H2,2-3H3. The first-order valence-corrected chi connectivity index (χ1v) is 7.25. The molecule has 1 aromatic carbocycles. The number of allylic oxidation sites excluding steroid dienone is 1. The molecule has 0 atom stereocenters. The van der Waals surface area contributed by atoms with Crippen molar-refractivity contribution in [3.8, 4) is 11.3 Å². The Bertz CT molecular complexity index is 777. The number of aromatic nitrogens is 1. The highest BCUT2D eigenvalue weighted by atomic mass is 35.5. The first-order valence-electron chi connectivity index (χ1n) is 6.87. The molecule has 7 heteroatoms. The van der Waals surface area contributed by atoms with Crippen molar-refractivity contribution in [3.63, 3.8) is 0 Å². The number of nitrogens with zero attached hydrogens (tertiary/aromatic N) is 1. The summed E-state index contributed by atoms with van der Waals surface area (Å²) in [6.45, 7) is 5.81. The Kier molecular flexibility index (Phi) is 4.74. The number of halogens is 5. The van der Waals surface area contributed by atoms with Crippen LogP contribution in [0.5, 0.6) is 0 Å². The predicted molar refractivity (Wildman–Crippen MR) is 85.0 cm³/mol. The van der Waals surface area contributed by atoms with Gasteiger partial charge in [-0.2, -0.15) is 13.2 Å². The number of hydrogen-bond acceptors (Lipinski definition) is 2. The first-order chi connectivity index (χ1) is 10.9. The van der Waals surface area contributed by atoms with Crippen molar-refractivity contribution in [1.82, 2.24) is 4.98 Å². The summed E-state index contributed by atoms with van der Waals surface area (Å²) in [6.07, 6.45) is -4.68. The lowest BCUT2D eigenvalue weighted by molar-refractivity contribution is -0.0689. The fraction of sp³-hybridized carbons (Fsp3) is 0.235. The summed E-state index contributed by atoms with van der Waals surface area (Å²) in [5, 5.41) is 10.2. The molecule has 0 spiro atoms. The molecular weight excluding hydrogens is 346 g/mol. The Balaban J connectivity index is 2.74. The minimum Gasteiger partial charge on any atom is -0.386 e. The van der Waals surface area contributed by atoms with E-state index in [-0.39, 0.29) is 16.3 Å². The van der Waals surface area contributed by atoms with Crippen molar-refractivity contribution in [1.29, 1.82) is 0 Å². The zero-order chi connectivity index (χ0) is 18.3. The number of hydrogen-bond donors (Lipinski definition) is 1. The Morgan fingerprint density at radius 3 is 2.17 bits per heavy atom. The van der Waals surface area contributed by atoms with Gasteiger partial charge >= 0.3 is 6.18 Å². The van der Waals surface area contributed by atoms with Gasteiger partial charge in [0.25, 0.3) is 0 Å². The van der Waals surface area contributed by atoms with Gasteiger partial charge in [0.1, 0.15) is 5.82 Å². The molecule has 0 saturated heterocycles. The van der Waals surface area contributed by atoms with Gasteiger partial charge < -0.3 is 5.11 Å². The molecule has 2 rings (SSSR count). The maximum absolute atomic E-state index is 13.1. The van der Waals surface area contributed by atoms with Crippen LogP contribution in [0.2, 0.25) is 5.02 Å². The van der Waals surface area contributed by atoms with E-state index in [1.165, 1.54) is 26.0 Å². The van der Waals surface area contributed by atoms with Crippen molar-refractivity contribution in [3.05, 3.63) is 59.0 Å². The van der Waals surface area contributed by atoms with Crippen LogP contribution in [-0.2, 0) is 5.60 Å². The molecule has 0 aliphatic carbocycles. The van der Waals surface area contributed by atoms with Crippen LogP contribution in [0.15, 0.2) is 36.9 Å². The zero-order valence-corrected chi connectivity index (χ0v) is 13.6. The summed E-state index contributed by atoms with van der Waals surface area (Å²) in [5.74, 6) is -0.506. The van der Waals surface area contributed by atoms with Gasteiger partial charge in [0.15, 0.2) is 0 Å². The average Bonchev–Trinajstić information content (AvgIpc) is 2.45. The normalized spacial score (nSPS) is 12.3. The van der Waals surface area contributed by atoms with Crippen LogP contribution >= 0.6 is 11.6 Å². The van der Waals surface area contributed by atoms with E-state index in [1.54, 1.807) is 0 Å². The second kappa shape index (κ2) is 6.18. The van der Waals surface area contributed by atoms with Gasteiger partial charge in [0, 0.05) is 11.1 Å².